The van der Waals surface area contributed by atoms with Crippen molar-refractivity contribution >= 4 is 61.3 Å². The van der Waals surface area contributed by atoms with Crippen molar-refractivity contribution in [2.24, 2.45) is 0 Å². The van der Waals surface area contributed by atoms with Gasteiger partial charge in [-0.05, 0) is 93.8 Å². The molecule has 0 amide bonds. The van der Waals surface area contributed by atoms with Gasteiger partial charge in [-0.3, -0.25) is 0 Å². The lowest BCUT2D eigenvalue weighted by Gasteiger charge is -2.14. The summed E-state index contributed by atoms with van der Waals surface area (Å²) >= 11 is 7.54. The zero-order chi connectivity index (χ0) is 26.9. The Morgan fingerprint density at radius 1 is 0.450 bits per heavy atom. The van der Waals surface area contributed by atoms with Crippen LogP contribution in [-0.2, 0) is 0 Å². The minimum atomic E-state index is 1.13. The molecule has 0 spiro atoms. The van der Waals surface area contributed by atoms with Crippen molar-refractivity contribution in [3.63, 3.8) is 0 Å². The normalized spacial score (nSPS) is 11.3. The maximum Gasteiger partial charge on any atom is 0.0541 e. The van der Waals surface area contributed by atoms with E-state index in [1.54, 1.807) is 23.5 Å². The van der Waals surface area contributed by atoms with Gasteiger partial charge in [-0.2, -0.15) is 0 Å². The largest absolute Gasteiger partial charge is 0.309 e. The number of nitrogens with zero attached hydrogens (tertiary/aromatic N) is 1. The molecule has 4 heteroatoms. The molecule has 7 rings (SSSR count). The van der Waals surface area contributed by atoms with Gasteiger partial charge >= 0.3 is 0 Å². The van der Waals surface area contributed by atoms with E-state index in [-0.39, 0.29) is 0 Å². The first-order chi connectivity index (χ1) is 19.7. The highest BCUT2D eigenvalue weighted by Gasteiger charge is 2.16. The van der Waals surface area contributed by atoms with E-state index in [9.17, 15) is 0 Å². The van der Waals surface area contributed by atoms with Crippen LogP contribution in [0.25, 0.3) is 38.6 Å². The average Bonchev–Trinajstić information content (AvgIpc) is 3.34. The first-order valence-electron chi connectivity index (χ1n) is 13.1. The van der Waals surface area contributed by atoms with Gasteiger partial charge in [-0.1, -0.05) is 102 Å². The molecule has 0 aliphatic rings. The monoisotopic (exact) mass is 613 g/mol. The van der Waals surface area contributed by atoms with Crippen LogP contribution in [0.4, 0.5) is 0 Å². The number of rotatable bonds is 6. The van der Waals surface area contributed by atoms with Crippen molar-refractivity contribution in [2.75, 3.05) is 0 Å². The third-order valence-electron chi connectivity index (χ3n) is 6.97. The molecule has 0 fully saturated rings. The fourth-order valence-electron chi connectivity index (χ4n) is 5.13. The molecule has 0 aliphatic carbocycles. The van der Waals surface area contributed by atoms with Crippen LogP contribution >= 0.6 is 39.5 Å². The molecule has 40 heavy (non-hydrogen) atoms. The molecule has 0 unspecified atom stereocenters. The van der Waals surface area contributed by atoms with Crippen LogP contribution in [0.1, 0.15) is 0 Å². The predicted octanol–water partition coefficient (Wildman–Crippen LogP) is 11.5. The second kappa shape index (κ2) is 11.1. The molecule has 0 N–H and O–H groups in total. The molecule has 0 atom stereocenters. The molecular weight excluding hydrogens is 590 g/mol. The van der Waals surface area contributed by atoms with E-state index in [1.807, 2.05) is 0 Å². The van der Waals surface area contributed by atoms with Crippen molar-refractivity contribution in [1.29, 1.82) is 0 Å². The van der Waals surface area contributed by atoms with Crippen LogP contribution in [0.15, 0.2) is 170 Å². The summed E-state index contributed by atoms with van der Waals surface area (Å²) in [6, 6.07) is 52.0. The highest BCUT2D eigenvalue weighted by Crippen LogP contribution is 2.45. The molecule has 1 nitrogen and oxygen atoms in total. The zero-order valence-corrected chi connectivity index (χ0v) is 24.7. The van der Waals surface area contributed by atoms with E-state index in [4.69, 9.17) is 0 Å². The van der Waals surface area contributed by atoms with Gasteiger partial charge in [0, 0.05) is 40.5 Å². The Bertz CT molecular complexity index is 1890. The summed E-state index contributed by atoms with van der Waals surface area (Å²) < 4.78 is 3.49. The van der Waals surface area contributed by atoms with Crippen LogP contribution in [-0.4, -0.2) is 4.57 Å². The van der Waals surface area contributed by atoms with Gasteiger partial charge in [-0.25, -0.2) is 0 Å². The Hall–Kier alpha value is -3.70. The van der Waals surface area contributed by atoms with E-state index in [2.05, 4.69) is 166 Å². The Labute approximate surface area is 251 Å². The minimum absolute atomic E-state index is 1.13. The van der Waals surface area contributed by atoms with E-state index < -0.39 is 0 Å². The second-order valence-electron chi connectivity index (χ2n) is 9.54. The molecular formula is C36H24BrNS2. The summed E-state index contributed by atoms with van der Waals surface area (Å²) in [5.74, 6) is 0. The Morgan fingerprint density at radius 3 is 1.60 bits per heavy atom. The quantitative estimate of drug-likeness (QED) is 0.184. The predicted molar refractivity (Wildman–Crippen MR) is 175 cm³/mol. The average molecular weight is 615 g/mol. The Kier molecular flexibility index (Phi) is 6.98. The lowest BCUT2D eigenvalue weighted by molar-refractivity contribution is 1.18. The van der Waals surface area contributed by atoms with E-state index in [1.165, 1.54) is 58.2 Å². The molecule has 1 aromatic heterocycles. The lowest BCUT2D eigenvalue weighted by Crippen LogP contribution is -1.93. The second-order valence-corrected chi connectivity index (χ2v) is 12.6. The highest BCUT2D eigenvalue weighted by atomic mass is 79.9. The minimum Gasteiger partial charge on any atom is -0.309 e. The van der Waals surface area contributed by atoms with Crippen LogP contribution in [0.3, 0.4) is 0 Å². The van der Waals surface area contributed by atoms with Crippen LogP contribution < -0.4 is 0 Å². The van der Waals surface area contributed by atoms with Crippen molar-refractivity contribution < 1.29 is 0 Å². The van der Waals surface area contributed by atoms with Gasteiger partial charge in [0.25, 0.3) is 0 Å². The molecule has 0 radical (unpaired) electrons. The van der Waals surface area contributed by atoms with E-state index in [0.29, 0.717) is 0 Å². The third kappa shape index (κ3) is 4.88. The molecule has 192 valence electrons. The number of aromatic nitrogens is 1. The number of para-hydroxylation sites is 2. The standard InChI is InChI=1S/C36H24BrNS2/c37-36-34(39-28-14-6-2-7-15-28)23-26(24-35(36)40-29-16-8-3-9-17-29)25-20-21-33-31(22-25)30-18-10-11-19-32(30)38(33)27-12-4-1-5-13-27/h1-24H. The third-order valence-corrected chi connectivity index (χ3v) is 10.4. The van der Waals surface area contributed by atoms with Crippen molar-refractivity contribution in [1.82, 2.24) is 4.57 Å². The summed E-state index contributed by atoms with van der Waals surface area (Å²) in [5.41, 5.74) is 6.02. The smallest absolute Gasteiger partial charge is 0.0541 e. The molecule has 0 saturated carbocycles. The Balaban J connectivity index is 1.40. The van der Waals surface area contributed by atoms with Crippen LogP contribution in [0.5, 0.6) is 0 Å². The summed E-state index contributed by atoms with van der Waals surface area (Å²) in [6.07, 6.45) is 0. The molecule has 0 aliphatic heterocycles. The lowest BCUT2D eigenvalue weighted by atomic mass is 10.0. The molecule has 1 heterocycles. The highest BCUT2D eigenvalue weighted by molar-refractivity contribution is 9.10. The van der Waals surface area contributed by atoms with Crippen molar-refractivity contribution in [3.8, 4) is 16.8 Å². The number of halogens is 1. The van der Waals surface area contributed by atoms with Crippen molar-refractivity contribution in [2.45, 2.75) is 19.6 Å². The number of benzene rings is 6. The van der Waals surface area contributed by atoms with Gasteiger partial charge < -0.3 is 4.57 Å². The number of hydrogen-bond acceptors (Lipinski definition) is 2. The zero-order valence-electron chi connectivity index (χ0n) is 21.5. The van der Waals surface area contributed by atoms with Crippen LogP contribution in [0, 0.1) is 0 Å². The fraction of sp³-hybridized carbons (Fsp3) is 0. The first kappa shape index (κ1) is 25.3. The van der Waals surface area contributed by atoms with E-state index in [0.717, 1.165) is 4.47 Å². The first-order valence-corrected chi connectivity index (χ1v) is 15.6. The van der Waals surface area contributed by atoms with Gasteiger partial charge in [0.15, 0.2) is 0 Å². The summed E-state index contributed by atoms with van der Waals surface area (Å²) in [7, 11) is 0. The van der Waals surface area contributed by atoms with Gasteiger partial charge in [0.05, 0.1) is 11.0 Å². The topological polar surface area (TPSA) is 4.93 Å². The summed E-state index contributed by atoms with van der Waals surface area (Å²) in [4.78, 5) is 4.85. The SMILES string of the molecule is Brc1c(Sc2ccccc2)cc(-c2ccc3c(c2)c2ccccc2n3-c2ccccc2)cc1Sc1ccccc1. The maximum atomic E-state index is 3.96. The maximum absolute atomic E-state index is 3.96. The summed E-state index contributed by atoms with van der Waals surface area (Å²) in [5, 5.41) is 2.52. The van der Waals surface area contributed by atoms with E-state index >= 15 is 0 Å². The van der Waals surface area contributed by atoms with Crippen LogP contribution in [0.2, 0.25) is 0 Å². The van der Waals surface area contributed by atoms with Gasteiger partial charge in [-0.15, -0.1) is 0 Å². The molecule has 7 aromatic rings. The Morgan fingerprint density at radius 2 is 0.975 bits per heavy atom. The molecule has 0 saturated heterocycles. The fourth-order valence-corrected chi connectivity index (χ4v) is 7.77. The molecule has 6 aromatic carbocycles. The number of fused-ring (bicyclic) bond motifs is 3. The van der Waals surface area contributed by atoms with Gasteiger partial charge in [0.2, 0.25) is 0 Å². The number of hydrogen-bond donors (Lipinski definition) is 0. The molecule has 0 bridgehead atoms. The summed E-state index contributed by atoms with van der Waals surface area (Å²) in [6.45, 7) is 0. The van der Waals surface area contributed by atoms with Crippen molar-refractivity contribution in [3.05, 3.63) is 150 Å². The van der Waals surface area contributed by atoms with Gasteiger partial charge in [0.1, 0.15) is 0 Å².